The lowest BCUT2D eigenvalue weighted by Gasteiger charge is -2.33. The summed E-state index contributed by atoms with van der Waals surface area (Å²) in [5.41, 5.74) is 5.48. The molecule has 46 heavy (non-hydrogen) atoms. The number of rotatable bonds is 12. The molecule has 0 aromatic heterocycles. The van der Waals surface area contributed by atoms with Crippen molar-refractivity contribution < 1.29 is 0 Å². The summed E-state index contributed by atoms with van der Waals surface area (Å²) in [5.74, 6) is 0. The van der Waals surface area contributed by atoms with Crippen molar-refractivity contribution in [3.05, 3.63) is 144 Å². The van der Waals surface area contributed by atoms with Crippen LogP contribution in [-0.2, 0) is 26.2 Å². The van der Waals surface area contributed by atoms with Gasteiger partial charge < -0.3 is 21.3 Å². The molecule has 2 fully saturated rings. The molecule has 2 aliphatic carbocycles. The number of hydrogen-bond donors (Lipinski definition) is 4. The highest BCUT2D eigenvalue weighted by atomic mass is 79.9. The zero-order valence-corrected chi connectivity index (χ0v) is 30.6. The highest BCUT2D eigenvalue weighted by Gasteiger charge is 2.25. The molecule has 6 heteroatoms. The molecule has 0 bridgehead atoms. The van der Waals surface area contributed by atoms with Gasteiger partial charge in [-0.3, -0.25) is 0 Å². The van der Waals surface area contributed by atoms with Crippen molar-refractivity contribution in [2.45, 2.75) is 102 Å². The lowest BCUT2D eigenvalue weighted by Crippen LogP contribution is -2.49. The second-order valence-corrected chi connectivity index (χ2v) is 12.5. The van der Waals surface area contributed by atoms with Crippen molar-refractivity contribution >= 4 is 34.0 Å². The molecule has 0 heterocycles. The number of hydrogen-bond acceptors (Lipinski definition) is 4. The Morgan fingerprint density at radius 2 is 0.522 bits per heavy atom. The van der Waals surface area contributed by atoms with Gasteiger partial charge in [-0.05, 0) is 47.9 Å². The van der Waals surface area contributed by atoms with Gasteiger partial charge in [0.1, 0.15) is 0 Å². The van der Waals surface area contributed by atoms with E-state index in [4.69, 9.17) is 0 Å². The van der Waals surface area contributed by atoms with Crippen LogP contribution in [0.2, 0.25) is 0 Å². The van der Waals surface area contributed by atoms with Crippen LogP contribution in [0, 0.1) is 0 Å². The average Bonchev–Trinajstić information content (AvgIpc) is 3.11. The standard InChI is InChI=1S/2C20H26N2.2BrH/c2*1-3-9-17(10-4-1)15-21-19-13-7-8-14-20(19)22-16-18-11-5-2-6-12-18;;/h2*1-6,9-12,19-22H,7-8,13-16H2;2*1H/t2*19-,20-;;/m00../s1. The Kier molecular flexibility index (Phi) is 18.5. The van der Waals surface area contributed by atoms with E-state index in [1.54, 1.807) is 0 Å². The molecule has 4 aromatic carbocycles. The van der Waals surface area contributed by atoms with E-state index in [0.29, 0.717) is 24.2 Å². The highest BCUT2D eigenvalue weighted by Crippen LogP contribution is 2.21. The van der Waals surface area contributed by atoms with Gasteiger partial charge in [0.15, 0.2) is 0 Å². The van der Waals surface area contributed by atoms with Gasteiger partial charge in [-0.15, -0.1) is 34.0 Å². The topological polar surface area (TPSA) is 48.1 Å². The van der Waals surface area contributed by atoms with E-state index in [1.807, 2.05) is 0 Å². The Morgan fingerprint density at radius 1 is 0.326 bits per heavy atom. The summed E-state index contributed by atoms with van der Waals surface area (Å²) >= 11 is 0. The van der Waals surface area contributed by atoms with Gasteiger partial charge in [-0.2, -0.15) is 0 Å². The van der Waals surface area contributed by atoms with E-state index in [2.05, 4.69) is 143 Å². The Balaban J connectivity index is 0.000000240. The van der Waals surface area contributed by atoms with E-state index in [0.717, 1.165) is 26.2 Å². The van der Waals surface area contributed by atoms with Crippen LogP contribution in [0.5, 0.6) is 0 Å². The van der Waals surface area contributed by atoms with E-state index < -0.39 is 0 Å². The maximum Gasteiger partial charge on any atom is 0.0224 e. The molecular formula is C40H54Br2N4. The van der Waals surface area contributed by atoms with E-state index in [-0.39, 0.29) is 34.0 Å². The van der Waals surface area contributed by atoms with Crippen LogP contribution in [0.4, 0.5) is 0 Å². The predicted octanol–water partition coefficient (Wildman–Crippen LogP) is 8.91. The largest absolute Gasteiger partial charge is 0.308 e. The van der Waals surface area contributed by atoms with Gasteiger partial charge in [-0.25, -0.2) is 0 Å². The van der Waals surface area contributed by atoms with Crippen LogP contribution in [0.1, 0.15) is 73.6 Å². The third-order valence-corrected chi connectivity index (χ3v) is 9.18. The van der Waals surface area contributed by atoms with Crippen LogP contribution >= 0.6 is 34.0 Å². The Labute approximate surface area is 299 Å². The van der Waals surface area contributed by atoms with Crippen molar-refractivity contribution in [3.8, 4) is 0 Å². The molecule has 0 aliphatic heterocycles. The monoisotopic (exact) mass is 748 g/mol. The van der Waals surface area contributed by atoms with Crippen molar-refractivity contribution in [2.75, 3.05) is 0 Å². The van der Waals surface area contributed by atoms with E-state index in [1.165, 1.54) is 73.6 Å². The van der Waals surface area contributed by atoms with Gasteiger partial charge in [-0.1, -0.05) is 147 Å². The molecule has 0 spiro atoms. The molecule has 2 saturated carbocycles. The molecule has 0 unspecified atom stereocenters. The molecule has 6 rings (SSSR count). The van der Waals surface area contributed by atoms with Crippen molar-refractivity contribution in [2.24, 2.45) is 0 Å². The minimum Gasteiger partial charge on any atom is -0.308 e. The minimum atomic E-state index is 0. The van der Waals surface area contributed by atoms with Crippen molar-refractivity contribution in [1.29, 1.82) is 0 Å². The predicted molar refractivity (Wildman–Crippen MR) is 206 cm³/mol. The van der Waals surface area contributed by atoms with Gasteiger partial charge in [0.2, 0.25) is 0 Å². The molecule has 4 atom stereocenters. The first-order chi connectivity index (χ1) is 21.8. The van der Waals surface area contributed by atoms with E-state index in [9.17, 15) is 0 Å². The summed E-state index contributed by atoms with van der Waals surface area (Å²) in [6, 6.07) is 45.1. The minimum absolute atomic E-state index is 0. The molecule has 4 N–H and O–H groups in total. The van der Waals surface area contributed by atoms with Gasteiger partial charge in [0.05, 0.1) is 0 Å². The Morgan fingerprint density at radius 3 is 0.717 bits per heavy atom. The Hall–Kier alpha value is -2.32. The summed E-state index contributed by atoms with van der Waals surface area (Å²) in [4.78, 5) is 0. The Bertz CT molecular complexity index is 1090. The summed E-state index contributed by atoms with van der Waals surface area (Å²) in [6.07, 6.45) is 10.5. The van der Waals surface area contributed by atoms with Crippen LogP contribution in [0.3, 0.4) is 0 Å². The van der Waals surface area contributed by atoms with Crippen LogP contribution in [0.15, 0.2) is 121 Å². The molecule has 2 aliphatic rings. The maximum absolute atomic E-state index is 3.76. The zero-order valence-electron chi connectivity index (χ0n) is 27.2. The third kappa shape index (κ3) is 13.4. The molecule has 0 radical (unpaired) electrons. The van der Waals surface area contributed by atoms with E-state index >= 15 is 0 Å². The fraction of sp³-hybridized carbons (Fsp3) is 0.400. The summed E-state index contributed by atoms with van der Waals surface area (Å²) in [7, 11) is 0. The van der Waals surface area contributed by atoms with Crippen molar-refractivity contribution in [1.82, 2.24) is 21.3 Å². The normalized spacial score (nSPS) is 20.7. The molecule has 4 nitrogen and oxygen atoms in total. The quantitative estimate of drug-likeness (QED) is 0.117. The summed E-state index contributed by atoms with van der Waals surface area (Å²) < 4.78 is 0. The first-order valence-corrected chi connectivity index (χ1v) is 16.9. The van der Waals surface area contributed by atoms with Crippen LogP contribution in [-0.4, -0.2) is 24.2 Å². The summed E-state index contributed by atoms with van der Waals surface area (Å²) in [6.45, 7) is 3.87. The molecular weight excluding hydrogens is 696 g/mol. The lowest BCUT2D eigenvalue weighted by atomic mass is 9.90. The number of benzene rings is 4. The smallest absolute Gasteiger partial charge is 0.0224 e. The van der Waals surface area contributed by atoms with Gasteiger partial charge in [0, 0.05) is 50.3 Å². The summed E-state index contributed by atoms with van der Waals surface area (Å²) in [5, 5.41) is 15.0. The molecule has 0 saturated heterocycles. The van der Waals surface area contributed by atoms with Crippen molar-refractivity contribution in [3.63, 3.8) is 0 Å². The molecule has 0 amide bonds. The fourth-order valence-corrected chi connectivity index (χ4v) is 6.62. The second-order valence-electron chi connectivity index (χ2n) is 12.5. The second kappa shape index (κ2) is 22.3. The van der Waals surface area contributed by atoms with Gasteiger partial charge >= 0.3 is 0 Å². The first-order valence-electron chi connectivity index (χ1n) is 16.9. The maximum atomic E-state index is 3.76. The zero-order chi connectivity index (χ0) is 30.1. The lowest BCUT2D eigenvalue weighted by molar-refractivity contribution is 0.281. The van der Waals surface area contributed by atoms with Gasteiger partial charge in [0.25, 0.3) is 0 Å². The first kappa shape index (κ1) is 38.1. The van der Waals surface area contributed by atoms with Crippen LogP contribution < -0.4 is 21.3 Å². The fourth-order valence-electron chi connectivity index (χ4n) is 6.62. The highest BCUT2D eigenvalue weighted by molar-refractivity contribution is 8.93. The van der Waals surface area contributed by atoms with Crippen LogP contribution in [0.25, 0.3) is 0 Å². The number of halogens is 2. The number of nitrogens with one attached hydrogen (secondary N) is 4. The molecule has 4 aromatic rings. The molecule has 248 valence electrons. The SMILES string of the molecule is Br.Br.c1ccc(CN[C@H]2CCCC[C@@H]2NCc2ccccc2)cc1.c1ccc(CN[C@H]2CCCC[C@@H]2NCc2ccccc2)cc1. The third-order valence-electron chi connectivity index (χ3n) is 9.18. The average molecular weight is 751 g/mol.